The molecule has 0 saturated heterocycles. The lowest BCUT2D eigenvalue weighted by molar-refractivity contribution is -0.154. The fraction of sp³-hybridized carbons (Fsp3) is 0.471. The minimum Gasteiger partial charge on any atom is -0.286 e. The number of carbonyl (C=O) groups excluding carboxylic acids is 2. The standard InChI is InChI=1S/C17H21ClN6O3/c18-13-5-6-14-15(8-13)19-17(22-20-14)23-21-16(26)12(9-24(27)10-25)7-11-3-1-2-4-11/h5-6,8,10-12,27H,1-4,7,9H2,(H,21,26)(H,19,22,23). The van der Waals surface area contributed by atoms with Gasteiger partial charge >= 0.3 is 0 Å². The molecule has 1 aromatic carbocycles. The van der Waals surface area contributed by atoms with Gasteiger partial charge in [0.2, 0.25) is 12.3 Å². The molecule has 0 bridgehead atoms. The third kappa shape index (κ3) is 5.24. The Bertz CT molecular complexity index is 814. The first-order valence-electron chi connectivity index (χ1n) is 8.82. The highest BCUT2D eigenvalue weighted by molar-refractivity contribution is 6.31. The molecule has 3 N–H and O–H groups in total. The number of aromatic nitrogens is 3. The highest BCUT2D eigenvalue weighted by Gasteiger charge is 2.27. The van der Waals surface area contributed by atoms with Crippen molar-refractivity contribution in [1.29, 1.82) is 0 Å². The first-order valence-corrected chi connectivity index (χ1v) is 9.19. The maximum Gasteiger partial charge on any atom is 0.262 e. The molecular weight excluding hydrogens is 372 g/mol. The van der Waals surface area contributed by atoms with E-state index in [4.69, 9.17) is 11.6 Å². The van der Waals surface area contributed by atoms with Gasteiger partial charge in [0.25, 0.3) is 5.95 Å². The molecule has 1 fully saturated rings. The van der Waals surface area contributed by atoms with Gasteiger partial charge in [0, 0.05) is 5.02 Å². The third-order valence-corrected chi connectivity index (χ3v) is 4.94. The number of carbonyl (C=O) groups is 2. The van der Waals surface area contributed by atoms with Crippen LogP contribution in [-0.4, -0.2) is 44.3 Å². The number of nitrogens with zero attached hydrogens (tertiary/aromatic N) is 4. The molecule has 1 aliphatic carbocycles. The molecule has 0 radical (unpaired) electrons. The molecule has 2 aromatic rings. The number of benzene rings is 1. The van der Waals surface area contributed by atoms with Crippen molar-refractivity contribution in [2.75, 3.05) is 12.0 Å². The monoisotopic (exact) mass is 392 g/mol. The van der Waals surface area contributed by atoms with Crippen molar-refractivity contribution in [2.24, 2.45) is 11.8 Å². The smallest absolute Gasteiger partial charge is 0.262 e. The van der Waals surface area contributed by atoms with E-state index in [1.807, 2.05) is 0 Å². The summed E-state index contributed by atoms with van der Waals surface area (Å²) >= 11 is 5.95. The largest absolute Gasteiger partial charge is 0.286 e. The summed E-state index contributed by atoms with van der Waals surface area (Å²) in [6.07, 6.45) is 5.30. The van der Waals surface area contributed by atoms with E-state index in [0.29, 0.717) is 39.9 Å². The van der Waals surface area contributed by atoms with Crippen molar-refractivity contribution in [3.05, 3.63) is 23.2 Å². The molecule has 2 amide bonds. The highest BCUT2D eigenvalue weighted by Crippen LogP contribution is 2.30. The predicted molar refractivity (Wildman–Crippen MR) is 98.7 cm³/mol. The van der Waals surface area contributed by atoms with Crippen LogP contribution in [0.5, 0.6) is 0 Å². The number of hydrogen-bond donors (Lipinski definition) is 3. The minimum absolute atomic E-state index is 0.0695. The van der Waals surface area contributed by atoms with E-state index in [-0.39, 0.29) is 18.4 Å². The van der Waals surface area contributed by atoms with E-state index >= 15 is 0 Å². The molecule has 0 aliphatic heterocycles. The number of nitrogens with one attached hydrogen (secondary N) is 2. The summed E-state index contributed by atoms with van der Waals surface area (Å²) in [6, 6.07) is 5.04. The van der Waals surface area contributed by atoms with Gasteiger partial charge in [-0.2, -0.15) is 0 Å². The molecule has 144 valence electrons. The Hall–Kier alpha value is -2.52. The SMILES string of the molecule is O=CN(O)CC(CC1CCCC1)C(=O)NNc1nnc2ccc(Cl)cc2n1. The summed E-state index contributed by atoms with van der Waals surface area (Å²) in [4.78, 5) is 27.5. The lowest BCUT2D eigenvalue weighted by Gasteiger charge is -2.22. The quantitative estimate of drug-likeness (QED) is 0.357. The number of hydrazine groups is 1. The Kier molecular flexibility index (Phi) is 6.36. The fourth-order valence-corrected chi connectivity index (χ4v) is 3.53. The number of rotatable bonds is 8. The molecule has 3 rings (SSSR count). The number of amides is 2. The zero-order valence-corrected chi connectivity index (χ0v) is 15.4. The van der Waals surface area contributed by atoms with Crippen LogP contribution >= 0.6 is 11.6 Å². The fourth-order valence-electron chi connectivity index (χ4n) is 3.36. The van der Waals surface area contributed by atoms with Gasteiger partial charge in [-0.05, 0) is 30.5 Å². The van der Waals surface area contributed by atoms with Gasteiger partial charge in [0.1, 0.15) is 5.52 Å². The topological polar surface area (TPSA) is 120 Å². The second-order valence-corrected chi connectivity index (χ2v) is 7.13. The third-order valence-electron chi connectivity index (χ3n) is 4.71. The summed E-state index contributed by atoms with van der Waals surface area (Å²) in [5.41, 5.74) is 6.30. The van der Waals surface area contributed by atoms with Gasteiger partial charge in [0.05, 0.1) is 18.0 Å². The number of fused-ring (bicyclic) bond motifs is 1. The Morgan fingerprint density at radius 2 is 2.11 bits per heavy atom. The van der Waals surface area contributed by atoms with Crippen molar-refractivity contribution in [1.82, 2.24) is 25.7 Å². The van der Waals surface area contributed by atoms with Gasteiger partial charge in [-0.25, -0.2) is 10.0 Å². The number of hydrogen-bond acceptors (Lipinski definition) is 7. The average molecular weight is 393 g/mol. The average Bonchev–Trinajstić information content (AvgIpc) is 3.18. The second-order valence-electron chi connectivity index (χ2n) is 6.69. The summed E-state index contributed by atoms with van der Waals surface area (Å²) in [5.74, 6) is -0.355. The first kappa shape index (κ1) is 19.2. The molecule has 1 unspecified atom stereocenters. The Morgan fingerprint density at radius 1 is 1.33 bits per heavy atom. The van der Waals surface area contributed by atoms with Gasteiger partial charge in [0.15, 0.2) is 0 Å². The molecular formula is C17H21ClN6O3. The van der Waals surface area contributed by atoms with Gasteiger partial charge in [-0.3, -0.25) is 25.6 Å². The molecule has 1 atom stereocenters. The Morgan fingerprint density at radius 3 is 2.85 bits per heavy atom. The van der Waals surface area contributed by atoms with Gasteiger partial charge < -0.3 is 0 Å². The van der Waals surface area contributed by atoms with Crippen LogP contribution in [0.2, 0.25) is 5.02 Å². The van der Waals surface area contributed by atoms with E-state index in [2.05, 4.69) is 26.0 Å². The molecule has 1 heterocycles. The van der Waals surface area contributed by atoms with E-state index in [9.17, 15) is 14.8 Å². The van der Waals surface area contributed by atoms with E-state index in [1.165, 1.54) is 0 Å². The lowest BCUT2D eigenvalue weighted by atomic mass is 9.92. The van der Waals surface area contributed by atoms with Crippen molar-refractivity contribution >= 4 is 40.9 Å². The van der Waals surface area contributed by atoms with Crippen LogP contribution in [0.4, 0.5) is 5.95 Å². The van der Waals surface area contributed by atoms with Crippen LogP contribution in [0.3, 0.4) is 0 Å². The maximum atomic E-state index is 12.5. The lowest BCUT2D eigenvalue weighted by Crippen LogP contribution is -2.41. The summed E-state index contributed by atoms with van der Waals surface area (Å²) in [5, 5.41) is 18.4. The van der Waals surface area contributed by atoms with Crippen LogP contribution in [0, 0.1) is 11.8 Å². The summed E-state index contributed by atoms with van der Waals surface area (Å²) < 4.78 is 0. The Balaban J connectivity index is 1.64. The molecule has 10 heteroatoms. The van der Waals surface area contributed by atoms with Crippen LogP contribution in [0.25, 0.3) is 11.0 Å². The first-order chi connectivity index (χ1) is 13.0. The van der Waals surface area contributed by atoms with E-state index in [1.54, 1.807) is 18.2 Å². The number of hydroxylamine groups is 2. The van der Waals surface area contributed by atoms with E-state index < -0.39 is 5.92 Å². The van der Waals surface area contributed by atoms with Crippen molar-refractivity contribution < 1.29 is 14.8 Å². The van der Waals surface area contributed by atoms with Crippen molar-refractivity contribution in [3.63, 3.8) is 0 Å². The van der Waals surface area contributed by atoms with Crippen molar-refractivity contribution in [3.8, 4) is 0 Å². The highest BCUT2D eigenvalue weighted by atomic mass is 35.5. The molecule has 27 heavy (non-hydrogen) atoms. The number of halogens is 1. The molecule has 1 aliphatic rings. The zero-order chi connectivity index (χ0) is 19.2. The molecule has 1 saturated carbocycles. The van der Waals surface area contributed by atoms with Crippen LogP contribution in [0.15, 0.2) is 18.2 Å². The van der Waals surface area contributed by atoms with Crippen LogP contribution in [0.1, 0.15) is 32.1 Å². The summed E-state index contributed by atoms with van der Waals surface area (Å²) in [6.45, 7) is -0.0695. The van der Waals surface area contributed by atoms with E-state index in [0.717, 1.165) is 25.7 Å². The van der Waals surface area contributed by atoms with Gasteiger partial charge in [-0.15, -0.1) is 10.2 Å². The van der Waals surface area contributed by atoms with Crippen LogP contribution in [-0.2, 0) is 9.59 Å². The second kappa shape index (κ2) is 8.92. The van der Waals surface area contributed by atoms with Crippen LogP contribution < -0.4 is 10.9 Å². The number of anilines is 1. The van der Waals surface area contributed by atoms with Crippen molar-refractivity contribution in [2.45, 2.75) is 32.1 Å². The normalized spacial score (nSPS) is 15.5. The Labute approximate surface area is 161 Å². The molecule has 0 spiro atoms. The maximum absolute atomic E-state index is 12.5. The molecule has 1 aromatic heterocycles. The summed E-state index contributed by atoms with van der Waals surface area (Å²) in [7, 11) is 0. The molecule has 9 nitrogen and oxygen atoms in total. The predicted octanol–water partition coefficient (Wildman–Crippen LogP) is 2.17. The van der Waals surface area contributed by atoms with Gasteiger partial charge in [-0.1, -0.05) is 37.3 Å². The zero-order valence-electron chi connectivity index (χ0n) is 14.6. The minimum atomic E-state index is -0.543.